The van der Waals surface area contributed by atoms with Crippen LogP contribution in [0, 0.1) is 5.92 Å². The molecule has 150 valence electrons. The van der Waals surface area contributed by atoms with Gasteiger partial charge in [-0.25, -0.2) is 4.68 Å². The third-order valence-corrected chi connectivity index (χ3v) is 7.08. The molecule has 5 rings (SSSR count). The fourth-order valence-corrected chi connectivity index (χ4v) is 5.36. The standard InChI is InChI=1S/C20H26N4O3S/c25-20(17-7-4-8-28-17)21-15-11-26-19-16(12-27-18(15)19)24-10-14(22-23-24)9-13-5-2-1-3-6-13/h4,7-8,10,13,15-16,18-19H,1-3,5-6,9,11-12H2,(H,21,25). The number of nitrogens with one attached hydrogen (secondary N) is 1. The van der Waals surface area contributed by atoms with Crippen LogP contribution in [0.15, 0.2) is 23.7 Å². The van der Waals surface area contributed by atoms with Gasteiger partial charge in [-0.15, -0.1) is 16.4 Å². The second kappa shape index (κ2) is 7.93. The van der Waals surface area contributed by atoms with Crippen LogP contribution in [0.3, 0.4) is 0 Å². The molecular weight excluding hydrogens is 376 g/mol. The first-order chi connectivity index (χ1) is 13.8. The largest absolute Gasteiger partial charge is 0.371 e. The number of aromatic nitrogens is 3. The van der Waals surface area contributed by atoms with E-state index in [-0.39, 0.29) is 30.2 Å². The van der Waals surface area contributed by atoms with E-state index < -0.39 is 0 Å². The van der Waals surface area contributed by atoms with Crippen molar-refractivity contribution < 1.29 is 14.3 Å². The van der Waals surface area contributed by atoms with Crippen molar-refractivity contribution in [1.82, 2.24) is 20.3 Å². The molecule has 3 aliphatic rings. The van der Waals surface area contributed by atoms with Gasteiger partial charge in [-0.2, -0.15) is 0 Å². The summed E-state index contributed by atoms with van der Waals surface area (Å²) in [5, 5.41) is 13.7. The zero-order valence-corrected chi connectivity index (χ0v) is 16.6. The number of nitrogens with zero attached hydrogens (tertiary/aromatic N) is 3. The molecule has 4 unspecified atom stereocenters. The van der Waals surface area contributed by atoms with Crippen molar-refractivity contribution in [2.75, 3.05) is 13.2 Å². The first-order valence-corrected chi connectivity index (χ1v) is 11.1. The predicted molar refractivity (Wildman–Crippen MR) is 104 cm³/mol. The Kier molecular flexibility index (Phi) is 5.17. The van der Waals surface area contributed by atoms with E-state index in [1.807, 2.05) is 22.2 Å². The van der Waals surface area contributed by atoms with E-state index in [0.29, 0.717) is 18.1 Å². The van der Waals surface area contributed by atoms with Crippen molar-refractivity contribution in [1.29, 1.82) is 0 Å². The zero-order chi connectivity index (χ0) is 18.9. The summed E-state index contributed by atoms with van der Waals surface area (Å²) < 4.78 is 13.9. The number of fused-ring (bicyclic) bond motifs is 1. The summed E-state index contributed by atoms with van der Waals surface area (Å²) in [4.78, 5) is 13.1. The van der Waals surface area contributed by atoms with Crippen LogP contribution in [-0.4, -0.2) is 52.4 Å². The molecule has 7 nitrogen and oxygen atoms in total. The summed E-state index contributed by atoms with van der Waals surface area (Å²) in [6.45, 7) is 1.000. The Morgan fingerprint density at radius 3 is 2.89 bits per heavy atom. The Balaban J connectivity index is 1.21. The number of hydrogen-bond donors (Lipinski definition) is 1. The minimum absolute atomic E-state index is 0.0150. The summed E-state index contributed by atoms with van der Waals surface area (Å²) in [5.41, 5.74) is 1.07. The Hall–Kier alpha value is -1.77. The van der Waals surface area contributed by atoms with Crippen LogP contribution in [0.25, 0.3) is 0 Å². The first-order valence-electron chi connectivity index (χ1n) is 10.3. The molecule has 1 N–H and O–H groups in total. The van der Waals surface area contributed by atoms with E-state index in [4.69, 9.17) is 9.47 Å². The Morgan fingerprint density at radius 1 is 1.21 bits per heavy atom. The fourth-order valence-electron chi connectivity index (χ4n) is 4.73. The molecule has 2 aromatic heterocycles. The lowest BCUT2D eigenvalue weighted by atomic mass is 9.86. The smallest absolute Gasteiger partial charge is 0.261 e. The molecule has 2 aliphatic heterocycles. The number of thiophene rings is 1. The van der Waals surface area contributed by atoms with Gasteiger partial charge >= 0.3 is 0 Å². The van der Waals surface area contributed by atoms with Gasteiger partial charge in [-0.05, 0) is 23.8 Å². The molecule has 4 atom stereocenters. The van der Waals surface area contributed by atoms with Gasteiger partial charge in [0.2, 0.25) is 0 Å². The van der Waals surface area contributed by atoms with E-state index in [2.05, 4.69) is 21.8 Å². The molecule has 3 fully saturated rings. The third-order valence-electron chi connectivity index (χ3n) is 6.21. The second-order valence-electron chi connectivity index (χ2n) is 8.12. The van der Waals surface area contributed by atoms with Gasteiger partial charge in [0.1, 0.15) is 18.2 Å². The third kappa shape index (κ3) is 3.60. The maximum atomic E-state index is 12.4. The van der Waals surface area contributed by atoms with Crippen LogP contribution >= 0.6 is 11.3 Å². The SMILES string of the molecule is O=C(NC1COC2C1OCC2n1cc(CC2CCCCC2)nn1)c1cccs1. The molecule has 0 radical (unpaired) electrons. The minimum Gasteiger partial charge on any atom is -0.371 e. The van der Waals surface area contributed by atoms with Gasteiger partial charge in [0.15, 0.2) is 0 Å². The van der Waals surface area contributed by atoms with E-state index in [9.17, 15) is 4.79 Å². The van der Waals surface area contributed by atoms with Crippen molar-refractivity contribution in [3.8, 4) is 0 Å². The Labute approximate surface area is 168 Å². The van der Waals surface area contributed by atoms with Crippen molar-refractivity contribution in [3.05, 3.63) is 34.3 Å². The lowest BCUT2D eigenvalue weighted by Crippen LogP contribution is -2.43. The van der Waals surface area contributed by atoms with Gasteiger partial charge in [0.05, 0.1) is 29.8 Å². The lowest BCUT2D eigenvalue weighted by Gasteiger charge is -2.20. The summed E-state index contributed by atoms with van der Waals surface area (Å²) in [6.07, 6.45) is 9.49. The van der Waals surface area contributed by atoms with Crippen molar-refractivity contribution in [2.45, 2.75) is 62.8 Å². The highest BCUT2D eigenvalue weighted by molar-refractivity contribution is 7.12. The average molecular weight is 403 g/mol. The topological polar surface area (TPSA) is 78.3 Å². The van der Waals surface area contributed by atoms with Gasteiger partial charge in [-0.1, -0.05) is 43.4 Å². The Morgan fingerprint density at radius 2 is 2.07 bits per heavy atom. The monoisotopic (exact) mass is 402 g/mol. The summed E-state index contributed by atoms with van der Waals surface area (Å²) in [6, 6.07) is 3.59. The molecule has 1 saturated carbocycles. The van der Waals surface area contributed by atoms with Crippen LogP contribution < -0.4 is 5.32 Å². The quantitative estimate of drug-likeness (QED) is 0.832. The van der Waals surface area contributed by atoms with E-state index in [1.54, 1.807) is 0 Å². The van der Waals surface area contributed by atoms with Crippen molar-refractivity contribution in [2.24, 2.45) is 5.92 Å². The van der Waals surface area contributed by atoms with E-state index >= 15 is 0 Å². The highest BCUT2D eigenvalue weighted by Gasteiger charge is 2.49. The number of hydrogen-bond acceptors (Lipinski definition) is 6. The van der Waals surface area contributed by atoms with Crippen LogP contribution in [-0.2, 0) is 15.9 Å². The normalized spacial score (nSPS) is 30.4. The summed E-state index contributed by atoms with van der Waals surface area (Å²) >= 11 is 1.44. The van der Waals surface area contributed by atoms with Crippen LogP contribution in [0.4, 0.5) is 0 Å². The van der Waals surface area contributed by atoms with Gasteiger partial charge in [0, 0.05) is 6.20 Å². The van der Waals surface area contributed by atoms with Gasteiger partial charge < -0.3 is 14.8 Å². The number of carbonyl (C=O) groups is 1. The maximum Gasteiger partial charge on any atom is 0.261 e. The molecular formula is C20H26N4O3S. The highest BCUT2D eigenvalue weighted by atomic mass is 32.1. The second-order valence-corrected chi connectivity index (χ2v) is 9.07. The molecule has 0 spiro atoms. The number of amides is 1. The number of ether oxygens (including phenoxy) is 2. The fraction of sp³-hybridized carbons (Fsp3) is 0.650. The predicted octanol–water partition coefficient (Wildman–Crippen LogP) is 2.60. The molecule has 0 bridgehead atoms. The van der Waals surface area contributed by atoms with Gasteiger partial charge in [0.25, 0.3) is 5.91 Å². The summed E-state index contributed by atoms with van der Waals surface area (Å²) in [7, 11) is 0. The van der Waals surface area contributed by atoms with Crippen LogP contribution in [0.1, 0.15) is 53.5 Å². The molecule has 28 heavy (non-hydrogen) atoms. The van der Waals surface area contributed by atoms with Crippen LogP contribution in [0.5, 0.6) is 0 Å². The summed E-state index contributed by atoms with van der Waals surface area (Å²) in [5.74, 6) is 0.679. The van der Waals surface area contributed by atoms with Gasteiger partial charge in [-0.3, -0.25) is 4.79 Å². The van der Waals surface area contributed by atoms with E-state index in [1.165, 1.54) is 43.4 Å². The Bertz CT molecular complexity index is 802. The average Bonchev–Trinajstić information content (AvgIpc) is 3.49. The highest BCUT2D eigenvalue weighted by Crippen LogP contribution is 2.34. The zero-order valence-electron chi connectivity index (χ0n) is 15.8. The minimum atomic E-state index is -0.139. The number of carbonyl (C=O) groups excluding carboxylic acids is 1. The first kappa shape index (κ1) is 18.3. The van der Waals surface area contributed by atoms with Crippen LogP contribution in [0.2, 0.25) is 0 Å². The number of rotatable bonds is 5. The molecule has 1 aliphatic carbocycles. The molecule has 1 amide bonds. The maximum absolute atomic E-state index is 12.4. The molecule has 2 saturated heterocycles. The van der Waals surface area contributed by atoms with Crippen molar-refractivity contribution >= 4 is 17.2 Å². The lowest BCUT2D eigenvalue weighted by molar-refractivity contribution is 0.0614. The van der Waals surface area contributed by atoms with Crippen molar-refractivity contribution in [3.63, 3.8) is 0 Å². The molecule has 4 heterocycles. The molecule has 0 aromatic carbocycles. The molecule has 2 aromatic rings. The molecule has 8 heteroatoms. The van der Waals surface area contributed by atoms with E-state index in [0.717, 1.165) is 18.0 Å².